The molecule has 4 rings (SSSR count). The highest BCUT2D eigenvalue weighted by Gasteiger charge is 2.10. The third-order valence-corrected chi connectivity index (χ3v) is 4.09. The third-order valence-electron chi connectivity index (χ3n) is 3.20. The molecular weight excluding hydrogens is 288 g/mol. The number of fused-ring (bicyclic) bond motifs is 2. The smallest absolute Gasteiger partial charge is 0.271 e. The second kappa shape index (κ2) is 4.42. The molecule has 0 saturated heterocycles. The van der Waals surface area contributed by atoms with Crippen molar-refractivity contribution < 1.29 is 4.42 Å². The van der Waals surface area contributed by atoms with Crippen molar-refractivity contribution in [3.8, 4) is 0 Å². The molecular formula is C14H10N4O2S. The van der Waals surface area contributed by atoms with Crippen LogP contribution in [-0.4, -0.2) is 14.5 Å². The minimum atomic E-state index is -0.0863. The molecule has 0 saturated carbocycles. The Morgan fingerprint density at radius 3 is 3.10 bits per heavy atom. The van der Waals surface area contributed by atoms with Gasteiger partial charge in [0.2, 0.25) is 5.89 Å². The van der Waals surface area contributed by atoms with Gasteiger partial charge in [0.25, 0.3) is 5.56 Å². The van der Waals surface area contributed by atoms with Gasteiger partial charge < -0.3 is 10.2 Å². The summed E-state index contributed by atoms with van der Waals surface area (Å²) in [5, 5.41) is 1.85. The third kappa shape index (κ3) is 1.98. The van der Waals surface area contributed by atoms with E-state index in [4.69, 9.17) is 10.2 Å². The van der Waals surface area contributed by atoms with E-state index in [-0.39, 0.29) is 12.1 Å². The van der Waals surface area contributed by atoms with Crippen molar-refractivity contribution in [2.75, 3.05) is 5.73 Å². The zero-order valence-electron chi connectivity index (χ0n) is 10.8. The van der Waals surface area contributed by atoms with E-state index in [9.17, 15) is 4.79 Å². The lowest BCUT2D eigenvalue weighted by molar-refractivity contribution is 0.503. The van der Waals surface area contributed by atoms with Crippen LogP contribution in [0.5, 0.6) is 0 Å². The summed E-state index contributed by atoms with van der Waals surface area (Å²) in [6.45, 7) is 0.244. The molecule has 3 heterocycles. The maximum atomic E-state index is 12.3. The van der Waals surface area contributed by atoms with E-state index in [0.29, 0.717) is 27.4 Å². The Morgan fingerprint density at radius 1 is 1.29 bits per heavy atom. The minimum Gasteiger partial charge on any atom is -0.439 e. The topological polar surface area (TPSA) is 86.9 Å². The van der Waals surface area contributed by atoms with Crippen LogP contribution in [0.15, 0.2) is 45.2 Å². The van der Waals surface area contributed by atoms with Crippen LogP contribution in [-0.2, 0) is 6.54 Å². The summed E-state index contributed by atoms with van der Waals surface area (Å²) >= 11 is 1.38. The molecule has 0 aliphatic carbocycles. The van der Waals surface area contributed by atoms with Gasteiger partial charge in [-0.2, -0.15) is 0 Å². The number of benzene rings is 1. The second-order valence-corrected chi connectivity index (χ2v) is 5.56. The van der Waals surface area contributed by atoms with Crippen LogP contribution in [0.25, 0.3) is 21.3 Å². The minimum absolute atomic E-state index is 0.0863. The molecule has 0 fully saturated rings. The molecule has 0 aliphatic heterocycles. The fourth-order valence-electron chi connectivity index (χ4n) is 2.19. The first-order valence-corrected chi connectivity index (χ1v) is 7.16. The van der Waals surface area contributed by atoms with Crippen LogP contribution in [0.3, 0.4) is 0 Å². The van der Waals surface area contributed by atoms with E-state index in [1.807, 2.05) is 11.4 Å². The van der Waals surface area contributed by atoms with Crippen LogP contribution in [0.1, 0.15) is 5.89 Å². The van der Waals surface area contributed by atoms with Gasteiger partial charge in [0, 0.05) is 11.8 Å². The van der Waals surface area contributed by atoms with E-state index in [1.54, 1.807) is 18.2 Å². The lowest BCUT2D eigenvalue weighted by Crippen LogP contribution is -2.20. The molecule has 0 unspecified atom stereocenters. The molecule has 0 spiro atoms. The summed E-state index contributed by atoms with van der Waals surface area (Å²) in [5.41, 5.74) is 8.29. The molecule has 3 aromatic heterocycles. The summed E-state index contributed by atoms with van der Waals surface area (Å²) in [6.07, 6.45) is 1.51. The van der Waals surface area contributed by atoms with Crippen molar-refractivity contribution in [3.05, 3.63) is 52.2 Å². The van der Waals surface area contributed by atoms with Gasteiger partial charge in [0.1, 0.15) is 16.8 Å². The molecule has 0 amide bonds. The number of rotatable bonds is 2. The standard InChI is InChI=1S/C14H10N4O2S/c15-8-1-2-9-11(5-8)20-12(17-9)6-18-7-16-10-3-4-21-13(10)14(18)19/h1-5,7H,6,15H2. The van der Waals surface area contributed by atoms with Crippen LogP contribution in [0, 0.1) is 0 Å². The monoisotopic (exact) mass is 298 g/mol. The number of oxazole rings is 1. The molecule has 1 aromatic carbocycles. The summed E-state index contributed by atoms with van der Waals surface area (Å²) in [4.78, 5) is 20.9. The number of nitrogens with two attached hydrogens (primary N) is 1. The average molecular weight is 298 g/mol. The van der Waals surface area contributed by atoms with Crippen LogP contribution in [0.2, 0.25) is 0 Å². The number of anilines is 1. The fourth-order valence-corrected chi connectivity index (χ4v) is 2.99. The first kappa shape index (κ1) is 12.1. The predicted molar refractivity (Wildman–Crippen MR) is 81.4 cm³/mol. The SMILES string of the molecule is Nc1ccc2nc(Cn3cnc4ccsc4c3=O)oc2c1. The highest BCUT2D eigenvalue weighted by atomic mass is 32.1. The van der Waals surface area contributed by atoms with E-state index in [0.717, 1.165) is 5.52 Å². The van der Waals surface area contributed by atoms with E-state index in [2.05, 4.69) is 9.97 Å². The second-order valence-electron chi connectivity index (χ2n) is 4.65. The molecule has 0 aliphatic rings. The molecule has 104 valence electrons. The van der Waals surface area contributed by atoms with Gasteiger partial charge in [-0.15, -0.1) is 11.3 Å². The normalized spacial score (nSPS) is 11.4. The fraction of sp³-hybridized carbons (Fsp3) is 0.0714. The Balaban J connectivity index is 1.78. The van der Waals surface area contributed by atoms with Crippen molar-refractivity contribution >= 4 is 38.3 Å². The number of hydrogen-bond acceptors (Lipinski definition) is 6. The van der Waals surface area contributed by atoms with Gasteiger partial charge in [-0.1, -0.05) is 0 Å². The number of nitrogens with zero attached hydrogens (tertiary/aromatic N) is 3. The Labute approximate surface area is 122 Å². The zero-order chi connectivity index (χ0) is 14.4. The molecule has 7 heteroatoms. The maximum Gasteiger partial charge on any atom is 0.271 e. The quantitative estimate of drug-likeness (QED) is 0.573. The van der Waals surface area contributed by atoms with Crippen molar-refractivity contribution in [2.45, 2.75) is 6.54 Å². The van der Waals surface area contributed by atoms with Crippen molar-refractivity contribution in [3.63, 3.8) is 0 Å². The van der Waals surface area contributed by atoms with Crippen molar-refractivity contribution in [1.82, 2.24) is 14.5 Å². The molecule has 6 nitrogen and oxygen atoms in total. The molecule has 21 heavy (non-hydrogen) atoms. The van der Waals surface area contributed by atoms with Gasteiger partial charge in [-0.25, -0.2) is 9.97 Å². The number of thiophene rings is 1. The molecule has 0 radical (unpaired) electrons. The van der Waals surface area contributed by atoms with E-state index in [1.165, 1.54) is 22.2 Å². The molecule has 0 atom stereocenters. The summed E-state index contributed by atoms with van der Waals surface area (Å²) in [6, 6.07) is 7.10. The first-order chi connectivity index (χ1) is 10.2. The first-order valence-electron chi connectivity index (χ1n) is 6.28. The summed E-state index contributed by atoms with van der Waals surface area (Å²) < 4.78 is 7.76. The number of aromatic nitrogens is 3. The average Bonchev–Trinajstić information content (AvgIpc) is 3.07. The highest BCUT2D eigenvalue weighted by Crippen LogP contribution is 2.19. The summed E-state index contributed by atoms with van der Waals surface area (Å²) in [7, 11) is 0. The Hall–Kier alpha value is -2.67. The largest absolute Gasteiger partial charge is 0.439 e. The number of nitrogen functional groups attached to an aromatic ring is 1. The van der Waals surface area contributed by atoms with E-state index >= 15 is 0 Å². The maximum absolute atomic E-state index is 12.3. The van der Waals surface area contributed by atoms with Gasteiger partial charge in [0.05, 0.1) is 11.8 Å². The molecule has 4 aromatic rings. The summed E-state index contributed by atoms with van der Waals surface area (Å²) in [5.74, 6) is 0.454. The Morgan fingerprint density at radius 2 is 2.19 bits per heavy atom. The highest BCUT2D eigenvalue weighted by molar-refractivity contribution is 7.17. The van der Waals surface area contributed by atoms with Gasteiger partial charge >= 0.3 is 0 Å². The molecule has 0 bridgehead atoms. The predicted octanol–water partition coefficient (Wildman–Crippen LogP) is 2.23. The molecule has 2 N–H and O–H groups in total. The van der Waals surface area contributed by atoms with Crippen LogP contribution >= 0.6 is 11.3 Å². The van der Waals surface area contributed by atoms with Crippen LogP contribution < -0.4 is 11.3 Å². The van der Waals surface area contributed by atoms with Gasteiger partial charge in [-0.05, 0) is 23.6 Å². The van der Waals surface area contributed by atoms with Crippen LogP contribution in [0.4, 0.5) is 5.69 Å². The van der Waals surface area contributed by atoms with Crippen molar-refractivity contribution in [1.29, 1.82) is 0 Å². The van der Waals surface area contributed by atoms with Crippen molar-refractivity contribution in [2.24, 2.45) is 0 Å². The van der Waals surface area contributed by atoms with Gasteiger partial charge in [0.15, 0.2) is 5.58 Å². The zero-order valence-corrected chi connectivity index (χ0v) is 11.6. The Kier molecular flexibility index (Phi) is 2.55. The van der Waals surface area contributed by atoms with Gasteiger partial charge in [-0.3, -0.25) is 9.36 Å². The Bertz CT molecular complexity index is 1010. The van der Waals surface area contributed by atoms with E-state index < -0.39 is 0 Å². The number of hydrogen-bond donors (Lipinski definition) is 1. The lowest BCUT2D eigenvalue weighted by Gasteiger charge is -2.01. The lowest BCUT2D eigenvalue weighted by atomic mass is 10.3.